The summed E-state index contributed by atoms with van der Waals surface area (Å²) >= 11 is 0. The van der Waals surface area contributed by atoms with Gasteiger partial charge in [-0.05, 0) is 36.8 Å². The van der Waals surface area contributed by atoms with Crippen molar-refractivity contribution in [2.75, 3.05) is 0 Å². The molecule has 2 aromatic rings. The fraction of sp³-hybridized carbons (Fsp3) is 0.333. The average Bonchev–Trinajstić information content (AvgIpc) is 2.60. The molecule has 0 saturated heterocycles. The monoisotopic (exact) mass is 348 g/mol. The Labute approximate surface area is 145 Å². The summed E-state index contributed by atoms with van der Waals surface area (Å²) in [6.07, 6.45) is 3.89. The zero-order valence-electron chi connectivity index (χ0n) is 14.0. The van der Waals surface area contributed by atoms with Crippen molar-refractivity contribution >= 4 is 6.08 Å². The van der Waals surface area contributed by atoms with Crippen molar-refractivity contribution in [3.05, 3.63) is 65.2 Å². The molecule has 0 amide bonds. The highest BCUT2D eigenvalue weighted by atomic mass is 19.3. The van der Waals surface area contributed by atoms with Gasteiger partial charge in [0.25, 0.3) is 0 Å². The maximum Gasteiger partial charge on any atom is 0.248 e. The fourth-order valence-corrected chi connectivity index (χ4v) is 3.40. The van der Waals surface area contributed by atoms with E-state index in [0.717, 1.165) is 5.56 Å². The number of hydrogen-bond donors (Lipinski definition) is 0. The van der Waals surface area contributed by atoms with Crippen molar-refractivity contribution in [1.82, 2.24) is 0 Å². The highest BCUT2D eigenvalue weighted by Gasteiger charge is 2.35. The Hall–Kier alpha value is -2.10. The smallest absolute Gasteiger partial charge is 0.207 e. The number of alkyl halides is 2. The minimum Gasteiger partial charge on any atom is -0.207 e. The summed E-state index contributed by atoms with van der Waals surface area (Å²) in [5.74, 6) is -4.19. The van der Waals surface area contributed by atoms with Crippen LogP contribution in [0, 0.1) is 11.6 Å². The van der Waals surface area contributed by atoms with Crippen LogP contribution in [0.1, 0.15) is 49.7 Å². The van der Waals surface area contributed by atoms with E-state index in [-0.39, 0.29) is 29.9 Å². The van der Waals surface area contributed by atoms with Crippen LogP contribution in [0.3, 0.4) is 0 Å². The van der Waals surface area contributed by atoms with Crippen LogP contribution in [0.2, 0.25) is 0 Å². The summed E-state index contributed by atoms with van der Waals surface area (Å²) in [7, 11) is 0. The maximum atomic E-state index is 14.3. The van der Waals surface area contributed by atoms with E-state index in [1.807, 2.05) is 12.1 Å². The lowest BCUT2D eigenvalue weighted by Crippen LogP contribution is -2.23. The maximum absolute atomic E-state index is 14.3. The van der Waals surface area contributed by atoms with Crippen molar-refractivity contribution in [2.45, 2.75) is 44.4 Å². The zero-order valence-corrected chi connectivity index (χ0v) is 14.0. The summed E-state index contributed by atoms with van der Waals surface area (Å²) in [5, 5.41) is 0. The van der Waals surface area contributed by atoms with Crippen LogP contribution in [0.4, 0.5) is 17.6 Å². The van der Waals surface area contributed by atoms with Crippen LogP contribution in [0.15, 0.2) is 42.5 Å². The van der Waals surface area contributed by atoms with Gasteiger partial charge in [0.15, 0.2) is 11.6 Å². The van der Waals surface area contributed by atoms with Crippen molar-refractivity contribution in [3.63, 3.8) is 0 Å². The molecule has 132 valence electrons. The number of allylic oxidation sites excluding steroid dienone is 1. The van der Waals surface area contributed by atoms with E-state index >= 15 is 0 Å². The second-order valence-corrected chi connectivity index (χ2v) is 6.58. The Morgan fingerprint density at radius 1 is 0.920 bits per heavy atom. The minimum atomic E-state index is -2.55. The Balaban J connectivity index is 1.82. The predicted octanol–water partition coefficient (Wildman–Crippen LogP) is 6.96. The van der Waals surface area contributed by atoms with Crippen molar-refractivity contribution < 1.29 is 17.6 Å². The van der Waals surface area contributed by atoms with E-state index in [9.17, 15) is 17.6 Å². The first-order valence-electron chi connectivity index (χ1n) is 8.50. The van der Waals surface area contributed by atoms with E-state index in [0.29, 0.717) is 18.4 Å². The first-order valence-corrected chi connectivity index (χ1v) is 8.50. The van der Waals surface area contributed by atoms with Gasteiger partial charge in [-0.2, -0.15) is 0 Å². The van der Waals surface area contributed by atoms with Gasteiger partial charge in [0.1, 0.15) is 0 Å². The third kappa shape index (κ3) is 3.78. The standard InChI is InChI=1S/C21H20F4/c1-2-3-17-8-9-18(20(23)19(17)22)16-6-4-14(5-7-16)15-10-12-21(24,25)13-11-15/h2-9,15H,10-13H2,1H3/b3-2-. The second kappa shape index (κ2) is 7.03. The minimum absolute atomic E-state index is 0.0916. The van der Waals surface area contributed by atoms with E-state index in [2.05, 4.69) is 0 Å². The molecule has 0 heterocycles. The summed E-state index contributed by atoms with van der Waals surface area (Å²) in [5.41, 5.74) is 1.97. The predicted molar refractivity (Wildman–Crippen MR) is 92.7 cm³/mol. The van der Waals surface area contributed by atoms with Crippen LogP contribution in [0.25, 0.3) is 17.2 Å². The van der Waals surface area contributed by atoms with Gasteiger partial charge < -0.3 is 0 Å². The van der Waals surface area contributed by atoms with Gasteiger partial charge in [-0.1, -0.05) is 48.6 Å². The van der Waals surface area contributed by atoms with Crippen LogP contribution >= 0.6 is 0 Å². The van der Waals surface area contributed by atoms with Gasteiger partial charge in [0.2, 0.25) is 5.92 Å². The Kier molecular flexibility index (Phi) is 4.98. The Morgan fingerprint density at radius 3 is 2.16 bits per heavy atom. The lowest BCUT2D eigenvalue weighted by molar-refractivity contribution is -0.0382. The fourth-order valence-electron chi connectivity index (χ4n) is 3.40. The van der Waals surface area contributed by atoms with E-state index in [1.54, 1.807) is 37.3 Å². The van der Waals surface area contributed by atoms with Gasteiger partial charge in [0.05, 0.1) is 0 Å². The highest BCUT2D eigenvalue weighted by molar-refractivity contribution is 5.67. The van der Waals surface area contributed by atoms with Crippen molar-refractivity contribution in [3.8, 4) is 11.1 Å². The molecule has 1 fully saturated rings. The third-order valence-electron chi connectivity index (χ3n) is 4.87. The quantitative estimate of drug-likeness (QED) is 0.526. The van der Waals surface area contributed by atoms with Gasteiger partial charge in [-0.15, -0.1) is 0 Å². The molecule has 25 heavy (non-hydrogen) atoms. The van der Waals surface area contributed by atoms with E-state index in [4.69, 9.17) is 0 Å². The van der Waals surface area contributed by atoms with Gasteiger partial charge in [-0.25, -0.2) is 17.6 Å². The molecule has 0 unspecified atom stereocenters. The van der Waals surface area contributed by atoms with Crippen LogP contribution in [-0.4, -0.2) is 5.92 Å². The largest absolute Gasteiger partial charge is 0.248 e. The van der Waals surface area contributed by atoms with Crippen LogP contribution < -0.4 is 0 Å². The molecule has 0 N–H and O–H groups in total. The second-order valence-electron chi connectivity index (χ2n) is 6.58. The molecule has 1 aliphatic carbocycles. The molecule has 0 nitrogen and oxygen atoms in total. The first-order chi connectivity index (χ1) is 11.9. The van der Waals surface area contributed by atoms with E-state index < -0.39 is 17.6 Å². The van der Waals surface area contributed by atoms with Crippen LogP contribution in [0.5, 0.6) is 0 Å². The highest BCUT2D eigenvalue weighted by Crippen LogP contribution is 2.41. The first kappa shape index (κ1) is 17.7. The summed E-state index contributed by atoms with van der Waals surface area (Å²) in [4.78, 5) is 0. The third-order valence-corrected chi connectivity index (χ3v) is 4.87. The molecule has 1 saturated carbocycles. The van der Waals surface area contributed by atoms with Crippen molar-refractivity contribution in [2.24, 2.45) is 0 Å². The summed E-state index contributed by atoms with van der Waals surface area (Å²) in [6.45, 7) is 1.74. The lowest BCUT2D eigenvalue weighted by atomic mass is 9.82. The molecule has 2 aromatic carbocycles. The summed E-state index contributed by atoms with van der Waals surface area (Å²) < 4.78 is 54.9. The SMILES string of the molecule is C/C=C\c1ccc(-c2ccc(C3CCC(F)(F)CC3)cc2)c(F)c1F. The van der Waals surface area contributed by atoms with Crippen molar-refractivity contribution in [1.29, 1.82) is 0 Å². The molecule has 0 aliphatic heterocycles. The van der Waals surface area contributed by atoms with Gasteiger partial charge in [-0.3, -0.25) is 0 Å². The van der Waals surface area contributed by atoms with Gasteiger partial charge in [0, 0.05) is 24.0 Å². The molecule has 0 bridgehead atoms. The molecule has 4 heteroatoms. The average molecular weight is 348 g/mol. The molecular formula is C21H20F4. The van der Waals surface area contributed by atoms with E-state index in [1.165, 1.54) is 6.08 Å². The lowest BCUT2D eigenvalue weighted by Gasteiger charge is -2.28. The Bertz CT molecular complexity index is 765. The normalized spacial score (nSPS) is 18.0. The number of benzene rings is 2. The van der Waals surface area contributed by atoms with Crippen LogP contribution in [-0.2, 0) is 0 Å². The topological polar surface area (TPSA) is 0 Å². The van der Waals surface area contributed by atoms with Gasteiger partial charge >= 0.3 is 0 Å². The number of halogens is 4. The molecule has 0 atom stereocenters. The number of hydrogen-bond acceptors (Lipinski definition) is 0. The molecule has 0 spiro atoms. The summed E-state index contributed by atoms with van der Waals surface area (Å²) in [6, 6.07) is 10.2. The molecule has 1 aliphatic rings. The zero-order chi connectivity index (χ0) is 18.0. The Morgan fingerprint density at radius 2 is 1.56 bits per heavy atom. The molecular weight excluding hydrogens is 328 g/mol. The molecule has 0 radical (unpaired) electrons. The number of rotatable bonds is 3. The molecule has 0 aromatic heterocycles. The molecule has 3 rings (SSSR count).